The van der Waals surface area contributed by atoms with E-state index in [1.165, 1.54) is 35.3 Å². The van der Waals surface area contributed by atoms with E-state index in [1.807, 2.05) is 54.8 Å². The minimum atomic E-state index is -0.00858. The fraction of sp³-hybridized carbons (Fsp3) is 0.310. The first kappa shape index (κ1) is 29.0. The van der Waals surface area contributed by atoms with E-state index in [0.717, 1.165) is 17.7 Å². The maximum atomic E-state index is 12.8. The highest BCUT2D eigenvalue weighted by Gasteiger charge is 2.23. The molecule has 2 aromatic rings. The van der Waals surface area contributed by atoms with Gasteiger partial charge in [0, 0.05) is 40.5 Å². The Morgan fingerprint density at radius 3 is 2.19 bits per heavy atom. The summed E-state index contributed by atoms with van der Waals surface area (Å²) in [5.41, 5.74) is 1.89. The molecule has 0 aromatic heterocycles. The summed E-state index contributed by atoms with van der Waals surface area (Å²) in [7, 11) is 0. The van der Waals surface area contributed by atoms with Crippen LogP contribution in [0.5, 0.6) is 0 Å². The number of benzene rings is 2. The van der Waals surface area contributed by atoms with Crippen molar-refractivity contribution in [1.29, 1.82) is 0 Å². The van der Waals surface area contributed by atoms with Gasteiger partial charge in [0.05, 0.1) is 0 Å². The van der Waals surface area contributed by atoms with Crippen LogP contribution in [0.15, 0.2) is 83.0 Å². The van der Waals surface area contributed by atoms with Crippen LogP contribution in [-0.2, 0) is 14.3 Å². The van der Waals surface area contributed by atoms with Crippen molar-refractivity contribution in [1.82, 2.24) is 0 Å². The summed E-state index contributed by atoms with van der Waals surface area (Å²) in [5, 5.41) is 0.0903. The van der Waals surface area contributed by atoms with Gasteiger partial charge in [-0.05, 0) is 36.5 Å². The van der Waals surface area contributed by atoms with Crippen LogP contribution in [0, 0.1) is 0 Å². The Morgan fingerprint density at radius 2 is 1.57 bits per heavy atom. The number of allylic oxidation sites excluding steroid dienone is 3. The Kier molecular flexibility index (Phi) is 12.3. The molecule has 1 unspecified atom stereocenters. The predicted octanol–water partition coefficient (Wildman–Crippen LogP) is 7.10. The number of Topliss-reactive ketones (excluding diaryl/α,β-unsaturated/α-hetero) is 1. The van der Waals surface area contributed by atoms with E-state index >= 15 is 0 Å². The largest absolute Gasteiger partial charge is 0.428 e. The zero-order valence-electron chi connectivity index (χ0n) is 20.7. The lowest BCUT2D eigenvalue weighted by Gasteiger charge is -2.15. The Hall–Kier alpha value is -2.55. The predicted molar refractivity (Wildman–Crippen MR) is 154 cm³/mol. The van der Waals surface area contributed by atoms with Gasteiger partial charge in [-0.25, -0.2) is 0 Å². The van der Waals surface area contributed by atoms with Gasteiger partial charge in [0.25, 0.3) is 6.47 Å². The quantitative estimate of drug-likeness (QED) is 0.170. The summed E-state index contributed by atoms with van der Waals surface area (Å²) < 4.78 is 5.01. The minimum absolute atomic E-state index is 0.00858. The van der Waals surface area contributed by atoms with Crippen molar-refractivity contribution >= 4 is 57.8 Å². The van der Waals surface area contributed by atoms with E-state index < -0.39 is 0 Å². The van der Waals surface area contributed by atoms with E-state index in [-0.39, 0.29) is 21.3 Å². The molecule has 0 bridgehead atoms. The van der Waals surface area contributed by atoms with Gasteiger partial charge in [0.15, 0.2) is 5.78 Å². The third kappa shape index (κ3) is 9.36. The van der Waals surface area contributed by atoms with Crippen LogP contribution in [0.3, 0.4) is 0 Å². The van der Waals surface area contributed by atoms with Gasteiger partial charge in [-0.3, -0.25) is 19.2 Å². The molecule has 37 heavy (non-hydrogen) atoms. The molecule has 0 heterocycles. The van der Waals surface area contributed by atoms with Crippen molar-refractivity contribution in [2.24, 2.45) is 0 Å². The first-order valence-corrected chi connectivity index (χ1v) is 15.2. The van der Waals surface area contributed by atoms with Crippen LogP contribution < -0.4 is 0 Å². The van der Waals surface area contributed by atoms with Gasteiger partial charge in [-0.1, -0.05) is 90.6 Å². The van der Waals surface area contributed by atoms with E-state index in [2.05, 4.69) is 0 Å². The molecule has 2 aromatic carbocycles. The number of thioether (sulfide) groups is 3. The molecule has 0 saturated carbocycles. The number of unbranched alkanes of at least 4 members (excludes halogenated alkanes) is 1. The van der Waals surface area contributed by atoms with E-state index in [4.69, 9.17) is 4.74 Å². The molecule has 3 rings (SSSR count). The first-order valence-electron chi connectivity index (χ1n) is 12.1. The maximum absolute atomic E-state index is 12.8. The van der Waals surface area contributed by atoms with Crippen molar-refractivity contribution in [2.45, 2.75) is 43.8 Å². The molecule has 0 saturated heterocycles. The van der Waals surface area contributed by atoms with Crippen LogP contribution in [-0.4, -0.2) is 39.7 Å². The van der Waals surface area contributed by atoms with Crippen molar-refractivity contribution in [2.75, 3.05) is 12.0 Å². The molecule has 8 heteroatoms. The van der Waals surface area contributed by atoms with Crippen LogP contribution in [0.25, 0.3) is 0 Å². The highest BCUT2D eigenvalue weighted by atomic mass is 32.2. The fourth-order valence-electron chi connectivity index (χ4n) is 3.87. The number of carbonyl (C=O) groups excluding carboxylic acids is 4. The van der Waals surface area contributed by atoms with Gasteiger partial charge in [0.2, 0.25) is 10.2 Å². The monoisotopic (exact) mass is 554 g/mol. The Bertz CT molecular complexity index is 1140. The molecular formula is C29H30O5S3. The molecule has 0 amide bonds. The number of ketones is 1. The Labute approximate surface area is 230 Å². The zero-order chi connectivity index (χ0) is 26.5. The van der Waals surface area contributed by atoms with Gasteiger partial charge >= 0.3 is 0 Å². The standard InChI is InChI=1S/C29H30O5S3/c1-35-24-18-25(27(19-24)34-20-30)26(31)15-9-8-14-23(37-29(33)22-12-6-3-7-13-22)16-17-36-28(32)21-10-4-2-5-11-21/h2-7,10-13,19-20,23H,8-9,14-18H2,1H3. The number of ether oxygens (including phenoxy) is 1. The maximum Gasteiger partial charge on any atom is 0.298 e. The molecule has 0 fully saturated rings. The molecule has 1 atom stereocenters. The number of carbonyl (C=O) groups is 4. The van der Waals surface area contributed by atoms with Crippen molar-refractivity contribution < 1.29 is 23.9 Å². The molecule has 0 N–H and O–H groups in total. The summed E-state index contributed by atoms with van der Waals surface area (Å²) in [6.45, 7) is 0.356. The lowest BCUT2D eigenvalue weighted by molar-refractivity contribution is -0.124. The highest BCUT2D eigenvalue weighted by Crippen LogP contribution is 2.33. The normalized spacial score (nSPS) is 13.7. The zero-order valence-corrected chi connectivity index (χ0v) is 23.2. The third-order valence-electron chi connectivity index (χ3n) is 5.86. The summed E-state index contributed by atoms with van der Waals surface area (Å²) in [5.74, 6) is 0.964. The SMILES string of the molecule is CSC1=CC(OC=O)=C(C(=O)CCCCC(CCSC(=O)c2ccccc2)SC(=O)c2ccccc2)C1. The van der Waals surface area contributed by atoms with E-state index in [1.54, 1.807) is 18.2 Å². The van der Waals surface area contributed by atoms with Crippen molar-refractivity contribution in [3.63, 3.8) is 0 Å². The number of hydrogen-bond donors (Lipinski definition) is 0. The second-order valence-corrected chi connectivity index (χ2v) is 11.7. The molecule has 0 aliphatic heterocycles. The third-order valence-corrected chi connectivity index (χ3v) is 8.84. The summed E-state index contributed by atoms with van der Waals surface area (Å²) in [6.07, 6.45) is 7.48. The van der Waals surface area contributed by atoms with Gasteiger partial charge in [0.1, 0.15) is 5.76 Å². The summed E-state index contributed by atoms with van der Waals surface area (Å²) in [6, 6.07) is 18.4. The van der Waals surface area contributed by atoms with Crippen LogP contribution in [0.4, 0.5) is 0 Å². The summed E-state index contributed by atoms with van der Waals surface area (Å²) >= 11 is 4.12. The van der Waals surface area contributed by atoms with E-state index in [0.29, 0.717) is 60.4 Å². The highest BCUT2D eigenvalue weighted by molar-refractivity contribution is 8.15. The molecule has 1 aliphatic carbocycles. The molecule has 1 aliphatic rings. The minimum Gasteiger partial charge on any atom is -0.428 e. The molecule has 0 spiro atoms. The van der Waals surface area contributed by atoms with Crippen molar-refractivity contribution in [3.05, 3.63) is 94.1 Å². The van der Waals surface area contributed by atoms with Crippen LogP contribution in [0.1, 0.15) is 59.2 Å². The number of rotatable bonds is 15. The van der Waals surface area contributed by atoms with Gasteiger partial charge < -0.3 is 4.74 Å². The Morgan fingerprint density at radius 1 is 0.919 bits per heavy atom. The molecule has 5 nitrogen and oxygen atoms in total. The lowest BCUT2D eigenvalue weighted by Crippen LogP contribution is -2.10. The van der Waals surface area contributed by atoms with E-state index in [9.17, 15) is 19.2 Å². The number of hydrogen-bond acceptors (Lipinski definition) is 8. The smallest absolute Gasteiger partial charge is 0.298 e. The molecule has 0 radical (unpaired) electrons. The molecule has 194 valence electrons. The van der Waals surface area contributed by atoms with Crippen LogP contribution >= 0.6 is 35.3 Å². The van der Waals surface area contributed by atoms with Crippen LogP contribution in [0.2, 0.25) is 0 Å². The van der Waals surface area contributed by atoms with Gasteiger partial charge in [-0.15, -0.1) is 11.8 Å². The summed E-state index contributed by atoms with van der Waals surface area (Å²) in [4.78, 5) is 49.9. The lowest BCUT2D eigenvalue weighted by atomic mass is 10.0. The second kappa shape index (κ2) is 15.6. The van der Waals surface area contributed by atoms with Gasteiger partial charge in [-0.2, -0.15) is 0 Å². The average Bonchev–Trinajstić information content (AvgIpc) is 3.35. The Balaban J connectivity index is 1.52. The fourth-order valence-corrected chi connectivity index (χ4v) is 6.52. The topological polar surface area (TPSA) is 77.5 Å². The van der Waals surface area contributed by atoms with Crippen molar-refractivity contribution in [3.8, 4) is 0 Å². The average molecular weight is 555 g/mol. The second-order valence-electron chi connectivity index (χ2n) is 8.40. The molecular weight excluding hydrogens is 525 g/mol. The first-order chi connectivity index (χ1) is 18.0.